The summed E-state index contributed by atoms with van der Waals surface area (Å²) < 4.78 is 2.33. The molecule has 0 spiro atoms. The van der Waals surface area contributed by atoms with Crippen molar-refractivity contribution in [2.45, 2.75) is 0 Å². The van der Waals surface area contributed by atoms with E-state index in [-0.39, 0.29) is 11.4 Å². The lowest BCUT2D eigenvalue weighted by Gasteiger charge is -2.01. The van der Waals surface area contributed by atoms with Gasteiger partial charge in [0.05, 0.1) is 26.5 Å². The maximum absolute atomic E-state index is 13.2. The number of hydrogen-bond acceptors (Lipinski definition) is 7. The normalized spacial score (nSPS) is 11.4. The molecule has 0 bridgehead atoms. The van der Waals surface area contributed by atoms with E-state index in [0.717, 1.165) is 10.2 Å². The number of nitrogens with zero attached hydrogens (tertiary/aromatic N) is 5. The van der Waals surface area contributed by atoms with Crippen LogP contribution in [0, 0.1) is 10.1 Å². The van der Waals surface area contributed by atoms with Gasteiger partial charge in [-0.1, -0.05) is 41.7 Å². The summed E-state index contributed by atoms with van der Waals surface area (Å²) in [5.41, 5.74) is 2.05. The molecule has 5 rings (SSSR count). The van der Waals surface area contributed by atoms with Crippen LogP contribution in [0.5, 0.6) is 0 Å². The number of aromatic nitrogens is 3. The van der Waals surface area contributed by atoms with Gasteiger partial charge >= 0.3 is 0 Å². The van der Waals surface area contributed by atoms with Crippen LogP contribution >= 0.6 is 11.3 Å². The molecule has 32 heavy (non-hydrogen) atoms. The summed E-state index contributed by atoms with van der Waals surface area (Å²) in [6.07, 6.45) is 0. The Morgan fingerprint density at radius 1 is 0.938 bits per heavy atom. The highest BCUT2D eigenvalue weighted by Gasteiger charge is 2.18. The molecule has 0 unspecified atom stereocenters. The number of hydrogen-bond donors (Lipinski definition) is 1. The number of nitrogens with one attached hydrogen (secondary N) is 1. The van der Waals surface area contributed by atoms with Crippen LogP contribution in [0.2, 0.25) is 0 Å². The molecule has 0 fully saturated rings. The van der Waals surface area contributed by atoms with Crippen molar-refractivity contribution in [1.82, 2.24) is 14.8 Å². The number of non-ortho nitro benzene ring substituents is 1. The molecule has 9 nitrogen and oxygen atoms in total. The first-order valence-corrected chi connectivity index (χ1v) is 10.3. The van der Waals surface area contributed by atoms with Gasteiger partial charge in [-0.15, -0.1) is 10.2 Å². The summed E-state index contributed by atoms with van der Waals surface area (Å²) in [5, 5.41) is 22.9. The molecule has 0 aliphatic carbocycles. The van der Waals surface area contributed by atoms with E-state index in [0.29, 0.717) is 22.1 Å². The summed E-state index contributed by atoms with van der Waals surface area (Å²) in [5.74, 6) is 0. The van der Waals surface area contributed by atoms with E-state index in [1.165, 1.54) is 28.2 Å². The molecule has 0 saturated carbocycles. The fraction of sp³-hybridized carbons (Fsp3) is 0. The van der Waals surface area contributed by atoms with E-state index in [1.54, 1.807) is 24.3 Å². The number of aromatic amines is 1. The Labute approximate surface area is 184 Å². The predicted molar refractivity (Wildman–Crippen MR) is 122 cm³/mol. The van der Waals surface area contributed by atoms with Gasteiger partial charge in [0.1, 0.15) is 0 Å². The molecule has 1 N–H and O–H groups in total. The minimum Gasteiger partial charge on any atom is -0.288 e. The van der Waals surface area contributed by atoms with Gasteiger partial charge in [0.15, 0.2) is 5.69 Å². The van der Waals surface area contributed by atoms with Gasteiger partial charge in [-0.25, -0.2) is 9.67 Å². The minimum atomic E-state index is -0.477. The zero-order chi connectivity index (χ0) is 22.1. The Bertz CT molecular complexity index is 1480. The molecular weight excluding hydrogens is 428 g/mol. The van der Waals surface area contributed by atoms with E-state index >= 15 is 0 Å². The Hall–Kier alpha value is -4.44. The molecule has 0 radical (unpaired) electrons. The van der Waals surface area contributed by atoms with Gasteiger partial charge in [-0.2, -0.15) is 0 Å². The van der Waals surface area contributed by atoms with Crippen LogP contribution in [0.15, 0.2) is 93.9 Å². The van der Waals surface area contributed by atoms with Crippen molar-refractivity contribution in [3.63, 3.8) is 0 Å². The molecule has 0 aliphatic rings. The number of thiazole rings is 1. The molecule has 5 aromatic rings. The molecule has 10 heteroatoms. The Kier molecular flexibility index (Phi) is 4.88. The van der Waals surface area contributed by atoms with Gasteiger partial charge in [-0.05, 0) is 36.4 Å². The van der Waals surface area contributed by atoms with E-state index in [2.05, 4.69) is 20.3 Å². The largest absolute Gasteiger partial charge is 0.299 e. The molecule has 2 heterocycles. The fourth-order valence-electron chi connectivity index (χ4n) is 3.23. The molecule has 156 valence electrons. The number of rotatable bonds is 5. The van der Waals surface area contributed by atoms with Crippen molar-refractivity contribution >= 4 is 38.1 Å². The monoisotopic (exact) mass is 442 g/mol. The fourth-order valence-corrected chi connectivity index (χ4v) is 4.01. The van der Waals surface area contributed by atoms with Crippen LogP contribution in [0.4, 0.5) is 16.5 Å². The van der Waals surface area contributed by atoms with E-state index in [4.69, 9.17) is 0 Å². The molecule has 0 aliphatic heterocycles. The summed E-state index contributed by atoms with van der Waals surface area (Å²) >= 11 is 1.37. The topological polar surface area (TPSA) is 119 Å². The van der Waals surface area contributed by atoms with E-state index in [1.807, 2.05) is 42.5 Å². The standard InChI is InChI=1S/C22H14N6O3S/c29-21-20(24-25-22-23-17-8-4-5-9-18(17)32-22)19(14-10-12-16(13-11-14)28(30)31)26-27(21)15-6-2-1-3-7-15/h1-13,26H. The number of nitro groups is 1. The van der Waals surface area contributed by atoms with Gasteiger partial charge < -0.3 is 0 Å². The van der Waals surface area contributed by atoms with Crippen LogP contribution in [0.25, 0.3) is 27.2 Å². The van der Waals surface area contributed by atoms with Crippen LogP contribution in [0.1, 0.15) is 0 Å². The second-order valence-corrected chi connectivity index (χ2v) is 7.79. The van der Waals surface area contributed by atoms with Gasteiger partial charge in [-0.3, -0.25) is 20.0 Å². The minimum absolute atomic E-state index is 0.0451. The molecule has 2 aromatic heterocycles. The van der Waals surface area contributed by atoms with Crippen molar-refractivity contribution in [1.29, 1.82) is 0 Å². The van der Waals surface area contributed by atoms with Crippen LogP contribution in [-0.4, -0.2) is 19.7 Å². The quantitative estimate of drug-likeness (QED) is 0.211. The van der Waals surface area contributed by atoms with Crippen molar-refractivity contribution in [2.75, 3.05) is 0 Å². The number of benzene rings is 3. The number of para-hydroxylation sites is 2. The Morgan fingerprint density at radius 2 is 1.66 bits per heavy atom. The van der Waals surface area contributed by atoms with Crippen LogP contribution < -0.4 is 5.56 Å². The lowest BCUT2D eigenvalue weighted by Crippen LogP contribution is -2.13. The Balaban J connectivity index is 1.63. The number of H-pyrrole nitrogens is 1. The summed E-state index contributed by atoms with van der Waals surface area (Å²) in [7, 11) is 0. The van der Waals surface area contributed by atoms with Gasteiger partial charge in [0.25, 0.3) is 11.2 Å². The first-order valence-electron chi connectivity index (χ1n) is 9.53. The maximum Gasteiger partial charge on any atom is 0.299 e. The first-order chi connectivity index (χ1) is 15.6. The average Bonchev–Trinajstić information content (AvgIpc) is 3.38. The lowest BCUT2D eigenvalue weighted by molar-refractivity contribution is -0.384. The van der Waals surface area contributed by atoms with Gasteiger partial charge in [0.2, 0.25) is 5.13 Å². The van der Waals surface area contributed by atoms with E-state index in [9.17, 15) is 14.9 Å². The zero-order valence-electron chi connectivity index (χ0n) is 16.4. The highest BCUT2D eigenvalue weighted by Crippen LogP contribution is 2.32. The predicted octanol–water partition coefficient (Wildman–Crippen LogP) is 5.77. The van der Waals surface area contributed by atoms with Crippen molar-refractivity contribution in [3.05, 3.63) is 99.3 Å². The number of fused-ring (bicyclic) bond motifs is 1. The second-order valence-electron chi connectivity index (χ2n) is 6.78. The van der Waals surface area contributed by atoms with Gasteiger partial charge in [0, 0.05) is 17.7 Å². The molecule has 3 aromatic carbocycles. The van der Waals surface area contributed by atoms with Crippen LogP contribution in [0.3, 0.4) is 0 Å². The maximum atomic E-state index is 13.2. The summed E-state index contributed by atoms with van der Waals surface area (Å²) in [6, 6.07) is 22.6. The summed E-state index contributed by atoms with van der Waals surface area (Å²) in [6.45, 7) is 0. The average molecular weight is 442 g/mol. The van der Waals surface area contributed by atoms with Crippen molar-refractivity contribution < 1.29 is 4.92 Å². The SMILES string of the molecule is O=c1c(N=Nc2nc3ccccc3s2)c(-c2ccc([N+](=O)[O-])cc2)[nH]n1-c1ccccc1. The third kappa shape index (κ3) is 3.59. The number of azo groups is 1. The Morgan fingerprint density at radius 3 is 2.38 bits per heavy atom. The van der Waals surface area contributed by atoms with Crippen molar-refractivity contribution in [2.24, 2.45) is 10.2 Å². The highest BCUT2D eigenvalue weighted by molar-refractivity contribution is 7.21. The third-order valence-electron chi connectivity index (χ3n) is 4.77. The third-order valence-corrected chi connectivity index (χ3v) is 5.69. The van der Waals surface area contributed by atoms with Crippen LogP contribution in [-0.2, 0) is 0 Å². The highest BCUT2D eigenvalue weighted by atomic mass is 32.1. The number of nitro benzene ring substituents is 1. The van der Waals surface area contributed by atoms with E-state index < -0.39 is 10.5 Å². The summed E-state index contributed by atoms with van der Waals surface area (Å²) in [4.78, 5) is 28.1. The zero-order valence-corrected chi connectivity index (χ0v) is 17.2. The second kappa shape index (κ2) is 8.00. The smallest absolute Gasteiger partial charge is 0.288 e. The molecule has 0 amide bonds. The molecule has 0 saturated heterocycles. The lowest BCUT2D eigenvalue weighted by atomic mass is 10.1. The first kappa shape index (κ1) is 19.5. The molecular formula is C22H14N6O3S. The molecule has 0 atom stereocenters. The van der Waals surface area contributed by atoms with Crippen molar-refractivity contribution in [3.8, 4) is 16.9 Å².